The molecule has 0 saturated heterocycles. The Kier molecular flexibility index (Phi) is 4.71. The highest BCUT2D eigenvalue weighted by atomic mass is 16.5. The first-order chi connectivity index (χ1) is 8.08. The average Bonchev–Trinajstić information content (AvgIpc) is 2.30. The van der Waals surface area contributed by atoms with Crippen molar-refractivity contribution in [1.82, 2.24) is 4.98 Å². The summed E-state index contributed by atoms with van der Waals surface area (Å²) in [6, 6.07) is 1.47. The van der Waals surface area contributed by atoms with E-state index in [1.54, 1.807) is 7.11 Å². The monoisotopic (exact) mass is 240 g/mol. The van der Waals surface area contributed by atoms with Crippen LogP contribution < -0.4 is 10.5 Å². The molecule has 17 heavy (non-hydrogen) atoms. The van der Waals surface area contributed by atoms with Crippen molar-refractivity contribution in [1.29, 1.82) is 0 Å². The van der Waals surface area contributed by atoms with Gasteiger partial charge in [0.1, 0.15) is 11.7 Å². The second-order valence-electron chi connectivity index (χ2n) is 3.50. The summed E-state index contributed by atoms with van der Waals surface area (Å²) in [6.07, 6.45) is 1.20. The summed E-state index contributed by atoms with van der Waals surface area (Å²) in [5, 5.41) is 0. The van der Waals surface area contributed by atoms with Gasteiger partial charge in [0, 0.05) is 7.11 Å². The number of rotatable bonds is 5. The number of anilines is 1. The van der Waals surface area contributed by atoms with Gasteiger partial charge in [0.2, 0.25) is 5.88 Å². The summed E-state index contributed by atoms with van der Waals surface area (Å²) < 4.78 is 15.0. The number of esters is 1. The predicted molar refractivity (Wildman–Crippen MR) is 62.0 cm³/mol. The number of methoxy groups -OCH3 is 2. The first kappa shape index (κ1) is 13.2. The molecule has 1 rings (SSSR count). The summed E-state index contributed by atoms with van der Waals surface area (Å²) in [4.78, 5) is 15.5. The molecule has 94 valence electrons. The zero-order valence-corrected chi connectivity index (χ0v) is 10.1. The van der Waals surface area contributed by atoms with Gasteiger partial charge in [0.15, 0.2) is 0 Å². The highest BCUT2D eigenvalue weighted by Gasteiger charge is 2.17. The van der Waals surface area contributed by atoms with Crippen LogP contribution >= 0.6 is 0 Å². The van der Waals surface area contributed by atoms with Gasteiger partial charge in [-0.1, -0.05) is 0 Å². The van der Waals surface area contributed by atoms with Crippen molar-refractivity contribution in [3.05, 3.63) is 17.8 Å². The number of nitrogens with two attached hydrogens (primary N) is 1. The van der Waals surface area contributed by atoms with Crippen LogP contribution in [0.3, 0.4) is 0 Å². The zero-order valence-electron chi connectivity index (χ0n) is 10.1. The fourth-order valence-corrected chi connectivity index (χ4v) is 1.28. The van der Waals surface area contributed by atoms with Gasteiger partial charge in [0.05, 0.1) is 25.6 Å². The maximum atomic E-state index is 11.5. The van der Waals surface area contributed by atoms with Crippen molar-refractivity contribution >= 4 is 11.7 Å². The largest absolute Gasteiger partial charge is 0.472 e. The van der Waals surface area contributed by atoms with Crippen LogP contribution in [0.1, 0.15) is 17.3 Å². The van der Waals surface area contributed by atoms with Gasteiger partial charge in [-0.25, -0.2) is 9.78 Å². The quantitative estimate of drug-likeness (QED) is 0.768. The summed E-state index contributed by atoms with van der Waals surface area (Å²) in [5.41, 5.74) is 6.14. The van der Waals surface area contributed by atoms with Crippen LogP contribution in [0.15, 0.2) is 12.3 Å². The summed E-state index contributed by atoms with van der Waals surface area (Å²) in [6.45, 7) is 2.20. The standard InChI is InChI=1S/C11H16N2O4/c1-7(6-15-2)17-10-9(11(14)16-3)4-8(12)5-13-10/h4-5,7H,6,12H2,1-3H3. The molecule has 1 atom stereocenters. The number of nitrogen functional groups attached to an aromatic ring is 1. The molecule has 0 spiro atoms. The third-order valence-corrected chi connectivity index (χ3v) is 1.99. The number of pyridine rings is 1. The molecule has 2 N–H and O–H groups in total. The molecule has 1 aromatic rings. The Morgan fingerprint density at radius 2 is 2.24 bits per heavy atom. The number of ether oxygens (including phenoxy) is 3. The lowest BCUT2D eigenvalue weighted by Gasteiger charge is -2.15. The summed E-state index contributed by atoms with van der Waals surface area (Å²) in [7, 11) is 2.85. The van der Waals surface area contributed by atoms with Crippen LogP contribution in [0.25, 0.3) is 0 Å². The highest BCUT2D eigenvalue weighted by molar-refractivity contribution is 5.92. The topological polar surface area (TPSA) is 83.7 Å². The maximum Gasteiger partial charge on any atom is 0.343 e. The van der Waals surface area contributed by atoms with Crippen molar-refractivity contribution in [2.24, 2.45) is 0 Å². The number of carbonyl (C=O) groups is 1. The zero-order chi connectivity index (χ0) is 12.8. The molecule has 0 amide bonds. The molecule has 1 unspecified atom stereocenters. The molecule has 0 radical (unpaired) electrons. The van der Waals surface area contributed by atoms with Gasteiger partial charge in [-0.15, -0.1) is 0 Å². The number of hydrogen-bond donors (Lipinski definition) is 1. The average molecular weight is 240 g/mol. The lowest BCUT2D eigenvalue weighted by Crippen LogP contribution is -2.20. The van der Waals surface area contributed by atoms with Crippen LogP contribution in [0.5, 0.6) is 5.88 Å². The van der Waals surface area contributed by atoms with Crippen molar-refractivity contribution in [3.8, 4) is 5.88 Å². The highest BCUT2D eigenvalue weighted by Crippen LogP contribution is 2.20. The minimum absolute atomic E-state index is 0.190. The van der Waals surface area contributed by atoms with E-state index in [-0.39, 0.29) is 17.5 Å². The van der Waals surface area contributed by atoms with Gasteiger partial charge >= 0.3 is 5.97 Å². The second kappa shape index (κ2) is 6.05. The molecule has 1 aromatic heterocycles. The number of nitrogens with zero attached hydrogens (tertiary/aromatic N) is 1. The molecule has 0 aliphatic carbocycles. The minimum Gasteiger partial charge on any atom is -0.472 e. The van der Waals surface area contributed by atoms with Crippen LogP contribution in [0.2, 0.25) is 0 Å². The first-order valence-corrected chi connectivity index (χ1v) is 5.08. The van der Waals surface area contributed by atoms with Crippen LogP contribution in [0.4, 0.5) is 5.69 Å². The van der Waals surface area contributed by atoms with E-state index in [0.717, 1.165) is 0 Å². The van der Waals surface area contributed by atoms with Gasteiger partial charge < -0.3 is 19.9 Å². The molecule has 1 heterocycles. The molecule has 0 saturated carbocycles. The first-order valence-electron chi connectivity index (χ1n) is 5.08. The molecular weight excluding hydrogens is 224 g/mol. The summed E-state index contributed by atoms with van der Waals surface area (Å²) in [5.74, 6) is -0.347. The van der Waals surface area contributed by atoms with Crippen molar-refractivity contribution < 1.29 is 19.0 Å². The van der Waals surface area contributed by atoms with E-state index in [1.807, 2.05) is 6.92 Å². The Balaban J connectivity index is 2.94. The molecule has 0 aliphatic rings. The van der Waals surface area contributed by atoms with Crippen LogP contribution in [0, 0.1) is 0 Å². The van der Waals surface area contributed by atoms with Crippen molar-refractivity contribution in [3.63, 3.8) is 0 Å². The van der Waals surface area contributed by atoms with Crippen molar-refractivity contribution in [2.45, 2.75) is 13.0 Å². The molecule has 0 aliphatic heterocycles. The fourth-order valence-electron chi connectivity index (χ4n) is 1.28. The van der Waals surface area contributed by atoms with E-state index in [0.29, 0.717) is 12.3 Å². The minimum atomic E-state index is -0.538. The van der Waals surface area contributed by atoms with E-state index in [1.165, 1.54) is 19.4 Å². The van der Waals surface area contributed by atoms with E-state index in [2.05, 4.69) is 9.72 Å². The molecule has 6 heteroatoms. The molecule has 0 bridgehead atoms. The van der Waals surface area contributed by atoms with Gasteiger partial charge in [-0.2, -0.15) is 0 Å². The Labute approximate surface area is 99.7 Å². The third kappa shape index (κ3) is 3.60. The Morgan fingerprint density at radius 1 is 1.53 bits per heavy atom. The van der Waals surface area contributed by atoms with Crippen LogP contribution in [-0.4, -0.2) is 37.9 Å². The summed E-state index contributed by atoms with van der Waals surface area (Å²) >= 11 is 0. The lowest BCUT2D eigenvalue weighted by atomic mass is 10.2. The van der Waals surface area contributed by atoms with E-state index >= 15 is 0 Å². The SMILES string of the molecule is COCC(C)Oc1ncc(N)cc1C(=O)OC. The maximum absolute atomic E-state index is 11.5. The smallest absolute Gasteiger partial charge is 0.343 e. The van der Waals surface area contributed by atoms with E-state index in [4.69, 9.17) is 15.2 Å². The number of hydrogen-bond acceptors (Lipinski definition) is 6. The molecule has 0 fully saturated rings. The van der Waals surface area contributed by atoms with Crippen molar-refractivity contribution in [2.75, 3.05) is 26.6 Å². The third-order valence-electron chi connectivity index (χ3n) is 1.99. The van der Waals surface area contributed by atoms with Crippen LogP contribution in [-0.2, 0) is 9.47 Å². The number of carbonyl (C=O) groups excluding carboxylic acids is 1. The normalized spacial score (nSPS) is 11.9. The van der Waals surface area contributed by atoms with E-state index in [9.17, 15) is 4.79 Å². The van der Waals surface area contributed by atoms with Gasteiger partial charge in [-0.3, -0.25) is 0 Å². The number of aromatic nitrogens is 1. The van der Waals surface area contributed by atoms with Gasteiger partial charge in [0.25, 0.3) is 0 Å². The molecular formula is C11H16N2O4. The van der Waals surface area contributed by atoms with Gasteiger partial charge in [-0.05, 0) is 13.0 Å². The molecule has 6 nitrogen and oxygen atoms in total. The molecule has 0 aromatic carbocycles. The van der Waals surface area contributed by atoms with E-state index < -0.39 is 5.97 Å². The Hall–Kier alpha value is -1.82. The Morgan fingerprint density at radius 3 is 2.82 bits per heavy atom. The fraction of sp³-hybridized carbons (Fsp3) is 0.455. The lowest BCUT2D eigenvalue weighted by molar-refractivity contribution is 0.0578. The predicted octanol–water partition coefficient (Wildman–Crippen LogP) is 0.864. The second-order valence-corrected chi connectivity index (χ2v) is 3.50. The Bertz CT molecular complexity index is 395.